The molecule has 0 spiro atoms. The lowest BCUT2D eigenvalue weighted by atomic mass is 9.92. The molecule has 0 saturated heterocycles. The van der Waals surface area contributed by atoms with Crippen LogP contribution in [-0.4, -0.2) is 22.1 Å². The van der Waals surface area contributed by atoms with Gasteiger partial charge >= 0.3 is 5.97 Å². The number of carboxylic acids is 1. The highest BCUT2D eigenvalue weighted by Crippen LogP contribution is 2.49. The molecule has 1 aliphatic carbocycles. The third kappa shape index (κ3) is 1.59. The minimum Gasteiger partial charge on any atom is -0.480 e. The zero-order chi connectivity index (χ0) is 11.1. The Morgan fingerprint density at radius 2 is 2.33 bits per heavy atom. The molecule has 1 aromatic heterocycles. The second-order valence-electron chi connectivity index (χ2n) is 3.83. The number of nitrogens with two attached hydrogens (primary N) is 1. The van der Waals surface area contributed by atoms with Gasteiger partial charge in [-0.2, -0.15) is 0 Å². The minimum absolute atomic E-state index is 0.413. The fourth-order valence-corrected chi connectivity index (χ4v) is 1.77. The fraction of sp³-hybridized carbons (Fsp3) is 0.400. The van der Waals surface area contributed by atoms with Crippen molar-refractivity contribution in [2.45, 2.75) is 24.3 Å². The average Bonchev–Trinajstić information content (AvgIpc) is 2.97. The van der Waals surface area contributed by atoms with Crippen molar-refractivity contribution >= 4 is 5.97 Å². The van der Waals surface area contributed by atoms with E-state index in [1.165, 1.54) is 18.3 Å². The molecule has 80 valence electrons. The molecule has 0 aliphatic heterocycles. The number of halogens is 1. The molecule has 4 nitrogen and oxygen atoms in total. The number of hydrogen-bond donors (Lipinski definition) is 2. The molecule has 1 heterocycles. The number of rotatable bonds is 3. The van der Waals surface area contributed by atoms with Crippen molar-refractivity contribution in [2.24, 2.45) is 5.73 Å². The number of aliphatic carboxylic acids is 1. The van der Waals surface area contributed by atoms with E-state index in [4.69, 9.17) is 10.8 Å². The second-order valence-corrected chi connectivity index (χ2v) is 3.83. The number of pyridine rings is 1. The Labute approximate surface area is 85.9 Å². The standard InChI is InChI=1S/C10H11FN2O2/c11-6-1-4-13-7(5-6)10(2-3-10)8(12)9(14)15/h1,4-5,8H,2-3,12H2,(H,14,15). The van der Waals surface area contributed by atoms with Crippen molar-refractivity contribution in [3.63, 3.8) is 0 Å². The molecule has 2 rings (SSSR count). The zero-order valence-electron chi connectivity index (χ0n) is 7.98. The van der Waals surface area contributed by atoms with Crippen LogP contribution in [0.2, 0.25) is 0 Å². The van der Waals surface area contributed by atoms with E-state index in [0.29, 0.717) is 18.5 Å². The van der Waals surface area contributed by atoms with E-state index in [0.717, 1.165) is 0 Å². The highest BCUT2D eigenvalue weighted by Gasteiger charge is 2.53. The van der Waals surface area contributed by atoms with Crippen LogP contribution < -0.4 is 5.73 Å². The quantitative estimate of drug-likeness (QED) is 0.768. The van der Waals surface area contributed by atoms with Crippen LogP contribution in [-0.2, 0) is 10.2 Å². The van der Waals surface area contributed by atoms with Gasteiger partial charge in [0.25, 0.3) is 0 Å². The number of carboxylic acid groups (broad SMARTS) is 1. The predicted octanol–water partition coefficient (Wildman–Crippen LogP) is 0.664. The summed E-state index contributed by atoms with van der Waals surface area (Å²) < 4.78 is 13.0. The first-order valence-corrected chi connectivity index (χ1v) is 4.67. The van der Waals surface area contributed by atoms with Crippen molar-refractivity contribution in [3.05, 3.63) is 29.8 Å². The Morgan fingerprint density at radius 1 is 1.67 bits per heavy atom. The lowest BCUT2D eigenvalue weighted by molar-refractivity contribution is -0.139. The van der Waals surface area contributed by atoms with Crippen LogP contribution in [0.15, 0.2) is 18.3 Å². The molecule has 1 saturated carbocycles. The fourth-order valence-electron chi connectivity index (χ4n) is 1.77. The van der Waals surface area contributed by atoms with Gasteiger partial charge in [0.15, 0.2) is 0 Å². The monoisotopic (exact) mass is 210 g/mol. The molecule has 0 aromatic carbocycles. The summed E-state index contributed by atoms with van der Waals surface area (Å²) in [5.74, 6) is -1.48. The van der Waals surface area contributed by atoms with E-state index in [1.54, 1.807) is 0 Å². The van der Waals surface area contributed by atoms with Gasteiger partial charge in [0.2, 0.25) is 0 Å². The summed E-state index contributed by atoms with van der Waals surface area (Å²) in [6.07, 6.45) is 2.63. The first kappa shape index (κ1) is 10.0. The lowest BCUT2D eigenvalue weighted by Gasteiger charge is -2.18. The van der Waals surface area contributed by atoms with Crippen molar-refractivity contribution in [1.82, 2.24) is 4.98 Å². The van der Waals surface area contributed by atoms with Crippen molar-refractivity contribution in [2.75, 3.05) is 0 Å². The summed E-state index contributed by atoms with van der Waals surface area (Å²) in [7, 11) is 0. The molecule has 0 radical (unpaired) electrons. The van der Waals surface area contributed by atoms with Crippen molar-refractivity contribution in [3.8, 4) is 0 Å². The summed E-state index contributed by atoms with van der Waals surface area (Å²) in [4.78, 5) is 14.8. The summed E-state index contributed by atoms with van der Waals surface area (Å²) >= 11 is 0. The normalized spacial score (nSPS) is 19.6. The largest absolute Gasteiger partial charge is 0.480 e. The van der Waals surface area contributed by atoms with Crippen molar-refractivity contribution in [1.29, 1.82) is 0 Å². The molecule has 1 unspecified atom stereocenters. The maximum atomic E-state index is 13.0. The summed E-state index contributed by atoms with van der Waals surface area (Å²) in [6.45, 7) is 0. The van der Waals surface area contributed by atoms with Crippen molar-refractivity contribution < 1.29 is 14.3 Å². The molecular formula is C10H11FN2O2. The maximum Gasteiger partial charge on any atom is 0.321 e. The van der Waals surface area contributed by atoms with Gasteiger partial charge in [0.1, 0.15) is 11.9 Å². The molecule has 1 fully saturated rings. The van der Waals surface area contributed by atoms with Gasteiger partial charge in [-0.3, -0.25) is 9.78 Å². The Bertz CT molecular complexity index is 404. The highest BCUT2D eigenvalue weighted by molar-refractivity contribution is 5.76. The SMILES string of the molecule is NC(C(=O)O)C1(c2cc(F)ccn2)CC1. The number of hydrogen-bond acceptors (Lipinski definition) is 3. The summed E-state index contributed by atoms with van der Waals surface area (Å²) in [5.41, 5.74) is 5.36. The Balaban J connectivity index is 2.34. The highest BCUT2D eigenvalue weighted by atomic mass is 19.1. The predicted molar refractivity (Wildman–Crippen MR) is 50.7 cm³/mol. The molecule has 1 atom stereocenters. The van der Waals surface area contributed by atoms with Crippen LogP contribution in [0.25, 0.3) is 0 Å². The van der Waals surface area contributed by atoms with Crippen LogP contribution in [0.3, 0.4) is 0 Å². The number of aromatic nitrogens is 1. The van der Waals surface area contributed by atoms with Gasteiger partial charge in [0, 0.05) is 11.6 Å². The molecule has 0 bridgehead atoms. The number of nitrogens with zero attached hydrogens (tertiary/aromatic N) is 1. The first-order valence-electron chi connectivity index (χ1n) is 4.67. The molecule has 5 heteroatoms. The topological polar surface area (TPSA) is 76.2 Å². The van der Waals surface area contributed by atoms with E-state index >= 15 is 0 Å². The molecule has 15 heavy (non-hydrogen) atoms. The van der Waals surface area contributed by atoms with E-state index in [1.807, 2.05) is 0 Å². The van der Waals surface area contributed by atoms with Crippen LogP contribution in [0, 0.1) is 5.82 Å². The second kappa shape index (κ2) is 3.27. The maximum absolute atomic E-state index is 13.0. The third-order valence-corrected chi connectivity index (χ3v) is 2.88. The zero-order valence-corrected chi connectivity index (χ0v) is 7.98. The Kier molecular flexibility index (Phi) is 2.19. The van der Waals surface area contributed by atoms with Crippen LogP contribution in [0.4, 0.5) is 4.39 Å². The first-order chi connectivity index (χ1) is 7.06. The van der Waals surface area contributed by atoms with Gasteiger partial charge in [-0.1, -0.05) is 0 Å². The van der Waals surface area contributed by atoms with Crippen LogP contribution in [0.5, 0.6) is 0 Å². The van der Waals surface area contributed by atoms with Gasteiger partial charge in [-0.25, -0.2) is 4.39 Å². The van der Waals surface area contributed by atoms with Crippen LogP contribution >= 0.6 is 0 Å². The van der Waals surface area contributed by atoms with E-state index in [-0.39, 0.29) is 0 Å². The molecule has 1 aliphatic rings. The average molecular weight is 210 g/mol. The van der Waals surface area contributed by atoms with Gasteiger partial charge in [0.05, 0.1) is 5.69 Å². The number of carbonyl (C=O) groups is 1. The van der Waals surface area contributed by atoms with E-state index in [2.05, 4.69) is 4.98 Å². The Morgan fingerprint density at radius 3 is 2.80 bits per heavy atom. The van der Waals surface area contributed by atoms with E-state index < -0.39 is 23.2 Å². The molecule has 1 aromatic rings. The van der Waals surface area contributed by atoms with Gasteiger partial charge < -0.3 is 10.8 Å². The van der Waals surface area contributed by atoms with Crippen LogP contribution in [0.1, 0.15) is 18.5 Å². The lowest BCUT2D eigenvalue weighted by Crippen LogP contribution is -2.42. The molecular weight excluding hydrogens is 199 g/mol. The van der Waals surface area contributed by atoms with Gasteiger partial charge in [-0.15, -0.1) is 0 Å². The Hall–Kier alpha value is -1.49. The minimum atomic E-state index is -1.07. The van der Waals surface area contributed by atoms with Gasteiger partial charge in [-0.05, 0) is 25.0 Å². The third-order valence-electron chi connectivity index (χ3n) is 2.88. The molecule has 0 amide bonds. The molecule has 3 N–H and O–H groups in total. The summed E-state index contributed by atoms with van der Waals surface area (Å²) in [5, 5.41) is 8.84. The summed E-state index contributed by atoms with van der Waals surface area (Å²) in [6, 6.07) is 1.48. The smallest absolute Gasteiger partial charge is 0.321 e. The van der Waals surface area contributed by atoms with E-state index in [9.17, 15) is 9.18 Å².